The average Bonchev–Trinajstić information content (AvgIpc) is 3.03. The molecule has 0 radical (unpaired) electrons. The number of pyridine rings is 1. The third-order valence-electron chi connectivity index (χ3n) is 4.35. The van der Waals surface area contributed by atoms with Crippen molar-refractivity contribution in [3.63, 3.8) is 0 Å². The van der Waals surface area contributed by atoms with E-state index in [0.29, 0.717) is 28.4 Å². The van der Waals surface area contributed by atoms with E-state index in [0.717, 1.165) is 12.6 Å². The zero-order chi connectivity index (χ0) is 13.5. The molecule has 0 saturated carbocycles. The molecule has 2 aromatic rings. The van der Waals surface area contributed by atoms with Crippen molar-refractivity contribution in [1.82, 2.24) is 14.9 Å². The third-order valence-corrected chi connectivity index (χ3v) is 4.56. The fourth-order valence-corrected chi connectivity index (χ4v) is 3.52. The molecule has 2 aliphatic heterocycles. The van der Waals surface area contributed by atoms with Gasteiger partial charge < -0.3 is 9.73 Å². The topological polar surface area (TPSA) is 54.2 Å². The second kappa shape index (κ2) is 4.90. The van der Waals surface area contributed by atoms with E-state index in [1.54, 1.807) is 12.1 Å². The number of oxazole rings is 1. The van der Waals surface area contributed by atoms with Crippen LogP contribution in [0, 0.1) is 0 Å². The lowest BCUT2D eigenvalue weighted by Gasteiger charge is -2.34. The van der Waals surface area contributed by atoms with Crippen LogP contribution in [-0.4, -0.2) is 40.0 Å². The maximum Gasteiger partial charge on any atom is 0.297 e. The number of nitrogens with one attached hydrogen (secondary N) is 1. The lowest BCUT2D eigenvalue weighted by Crippen LogP contribution is -2.44. The molecule has 2 saturated heterocycles. The van der Waals surface area contributed by atoms with Crippen molar-refractivity contribution in [2.75, 3.05) is 18.4 Å². The van der Waals surface area contributed by atoms with Gasteiger partial charge in [-0.3, -0.25) is 4.90 Å². The van der Waals surface area contributed by atoms with Gasteiger partial charge in [-0.1, -0.05) is 11.6 Å². The van der Waals surface area contributed by atoms with Crippen molar-refractivity contribution in [2.24, 2.45) is 0 Å². The van der Waals surface area contributed by atoms with Crippen LogP contribution in [0.1, 0.15) is 25.7 Å². The largest absolute Gasteiger partial charge is 0.422 e. The minimum absolute atomic E-state index is 0.410. The van der Waals surface area contributed by atoms with Gasteiger partial charge in [0.25, 0.3) is 6.01 Å². The van der Waals surface area contributed by atoms with E-state index in [-0.39, 0.29) is 0 Å². The number of hydrogen-bond donors (Lipinski definition) is 1. The van der Waals surface area contributed by atoms with Crippen molar-refractivity contribution >= 4 is 28.8 Å². The molecule has 0 spiro atoms. The van der Waals surface area contributed by atoms with Crippen molar-refractivity contribution in [2.45, 2.75) is 37.8 Å². The number of nitrogens with zero attached hydrogens (tertiary/aromatic N) is 3. The average molecular weight is 293 g/mol. The first kappa shape index (κ1) is 12.4. The quantitative estimate of drug-likeness (QED) is 0.863. The molecule has 106 valence electrons. The van der Waals surface area contributed by atoms with Gasteiger partial charge in [-0.05, 0) is 44.4 Å². The van der Waals surface area contributed by atoms with Gasteiger partial charge in [0.05, 0.1) is 0 Å². The minimum atomic E-state index is 0.410. The highest BCUT2D eigenvalue weighted by molar-refractivity contribution is 6.29. The van der Waals surface area contributed by atoms with Gasteiger partial charge in [-0.25, -0.2) is 4.98 Å². The maximum absolute atomic E-state index is 5.86. The second-order valence-corrected chi connectivity index (χ2v) is 6.07. The molecule has 6 heteroatoms. The zero-order valence-electron chi connectivity index (χ0n) is 11.2. The molecule has 0 bridgehead atoms. The highest BCUT2D eigenvalue weighted by Gasteiger charge is 2.31. The molecule has 0 amide bonds. The molecule has 0 aliphatic carbocycles. The van der Waals surface area contributed by atoms with Crippen molar-refractivity contribution in [1.29, 1.82) is 0 Å². The summed E-state index contributed by atoms with van der Waals surface area (Å²) in [5.41, 5.74) is 1.24. The first-order valence-corrected chi connectivity index (χ1v) is 7.59. The van der Waals surface area contributed by atoms with E-state index in [4.69, 9.17) is 16.0 Å². The Kier molecular flexibility index (Phi) is 3.04. The first-order chi connectivity index (χ1) is 9.78. The van der Waals surface area contributed by atoms with Gasteiger partial charge in [0.15, 0.2) is 5.58 Å². The number of rotatable bonds is 2. The lowest BCUT2D eigenvalue weighted by molar-refractivity contribution is 0.185. The summed E-state index contributed by atoms with van der Waals surface area (Å²) in [6.45, 7) is 2.31. The van der Waals surface area contributed by atoms with Crippen LogP contribution in [0.25, 0.3) is 11.2 Å². The molecular weight excluding hydrogens is 276 g/mol. The molecule has 4 rings (SSSR count). The van der Waals surface area contributed by atoms with Crippen LogP contribution >= 0.6 is 11.6 Å². The summed E-state index contributed by atoms with van der Waals surface area (Å²) in [6.07, 6.45) is 5.14. The van der Waals surface area contributed by atoms with E-state index < -0.39 is 0 Å². The molecule has 2 aromatic heterocycles. The van der Waals surface area contributed by atoms with Gasteiger partial charge in [0.2, 0.25) is 5.65 Å². The number of anilines is 1. The van der Waals surface area contributed by atoms with Crippen LogP contribution in [0.15, 0.2) is 16.5 Å². The molecule has 4 heterocycles. The normalized spacial score (nSPS) is 26.9. The van der Waals surface area contributed by atoms with Crippen LogP contribution in [0.4, 0.5) is 6.01 Å². The Morgan fingerprint density at radius 3 is 3.15 bits per heavy atom. The van der Waals surface area contributed by atoms with E-state index in [2.05, 4.69) is 20.2 Å². The summed E-state index contributed by atoms with van der Waals surface area (Å²) in [6, 6.07) is 5.29. The van der Waals surface area contributed by atoms with Crippen LogP contribution in [0.5, 0.6) is 0 Å². The van der Waals surface area contributed by atoms with Crippen molar-refractivity contribution in [3.05, 3.63) is 17.3 Å². The summed E-state index contributed by atoms with van der Waals surface area (Å²) >= 11 is 5.86. The predicted molar refractivity (Wildman–Crippen MR) is 78.1 cm³/mol. The Labute approximate surface area is 122 Å². The van der Waals surface area contributed by atoms with Crippen LogP contribution in [-0.2, 0) is 0 Å². The molecule has 2 aliphatic rings. The van der Waals surface area contributed by atoms with Gasteiger partial charge in [0, 0.05) is 18.6 Å². The number of aromatic nitrogens is 2. The zero-order valence-corrected chi connectivity index (χ0v) is 11.9. The minimum Gasteiger partial charge on any atom is -0.422 e. The van der Waals surface area contributed by atoms with Crippen molar-refractivity contribution in [3.8, 4) is 0 Å². The van der Waals surface area contributed by atoms with E-state index in [1.807, 2.05) is 0 Å². The smallest absolute Gasteiger partial charge is 0.297 e. The van der Waals surface area contributed by atoms with E-state index >= 15 is 0 Å². The Hall–Kier alpha value is -1.33. The number of halogens is 1. The number of fused-ring (bicyclic) bond motifs is 2. The highest BCUT2D eigenvalue weighted by atomic mass is 35.5. The Morgan fingerprint density at radius 1 is 1.25 bits per heavy atom. The number of hydrogen-bond acceptors (Lipinski definition) is 5. The fraction of sp³-hybridized carbons (Fsp3) is 0.571. The molecule has 2 unspecified atom stereocenters. The fourth-order valence-electron chi connectivity index (χ4n) is 3.38. The number of piperidine rings is 1. The van der Waals surface area contributed by atoms with Crippen LogP contribution < -0.4 is 5.32 Å². The molecule has 2 atom stereocenters. The standard InChI is InChI=1S/C14H17ClN4O/c15-12-6-5-11-13(17-12)18-14(20-11)16-9-3-4-10-2-1-7-19(10)8-9/h5-6,9-10H,1-4,7-8H2,(H,16,17,18). The molecule has 5 nitrogen and oxygen atoms in total. The monoisotopic (exact) mass is 292 g/mol. The summed E-state index contributed by atoms with van der Waals surface area (Å²) in [5.74, 6) is 0. The van der Waals surface area contributed by atoms with Crippen LogP contribution in [0.2, 0.25) is 5.15 Å². The summed E-state index contributed by atoms with van der Waals surface area (Å²) < 4.78 is 5.68. The first-order valence-electron chi connectivity index (χ1n) is 7.21. The lowest BCUT2D eigenvalue weighted by atomic mass is 9.99. The van der Waals surface area contributed by atoms with Gasteiger partial charge in [-0.15, -0.1) is 0 Å². The van der Waals surface area contributed by atoms with Gasteiger partial charge in [0.1, 0.15) is 5.15 Å². The predicted octanol–water partition coefficient (Wildman–Crippen LogP) is 2.91. The molecule has 2 fully saturated rings. The SMILES string of the molecule is Clc1ccc2oc(NC3CCC4CCCN4C3)nc2n1. The third kappa shape index (κ3) is 2.25. The van der Waals surface area contributed by atoms with E-state index in [9.17, 15) is 0 Å². The molecular formula is C14H17ClN4O. The summed E-state index contributed by atoms with van der Waals surface area (Å²) in [7, 11) is 0. The Bertz CT molecular complexity index is 629. The Morgan fingerprint density at radius 2 is 2.20 bits per heavy atom. The highest BCUT2D eigenvalue weighted by Crippen LogP contribution is 2.28. The van der Waals surface area contributed by atoms with E-state index in [1.165, 1.54) is 32.2 Å². The summed E-state index contributed by atoms with van der Waals surface area (Å²) in [4.78, 5) is 11.1. The van der Waals surface area contributed by atoms with Crippen LogP contribution in [0.3, 0.4) is 0 Å². The van der Waals surface area contributed by atoms with Crippen molar-refractivity contribution < 1.29 is 4.42 Å². The summed E-state index contributed by atoms with van der Waals surface area (Å²) in [5, 5.41) is 3.84. The second-order valence-electron chi connectivity index (χ2n) is 5.68. The molecule has 20 heavy (non-hydrogen) atoms. The molecule has 1 N–H and O–H groups in total. The molecule has 0 aromatic carbocycles. The maximum atomic E-state index is 5.86. The van der Waals surface area contributed by atoms with Gasteiger partial charge in [-0.2, -0.15) is 4.98 Å². The van der Waals surface area contributed by atoms with Gasteiger partial charge >= 0.3 is 0 Å². The Balaban J connectivity index is 1.49.